The van der Waals surface area contributed by atoms with Gasteiger partial charge in [-0.3, -0.25) is 4.98 Å². The summed E-state index contributed by atoms with van der Waals surface area (Å²) in [6, 6.07) is 5.92. The molecule has 82 valence electrons. The van der Waals surface area contributed by atoms with E-state index < -0.39 is 0 Å². The maximum absolute atomic E-state index is 4.32. The number of pyridine rings is 1. The molecule has 0 aliphatic carbocycles. The van der Waals surface area contributed by atoms with Crippen molar-refractivity contribution in [2.45, 2.75) is 20.0 Å². The standard InChI is InChI=1S/C12H14N4/c1-10-15-7-4-12(16-10)9-14-8-11-2-5-13-6-3-11/h2-7,14H,8-9H2,1H3. The van der Waals surface area contributed by atoms with E-state index >= 15 is 0 Å². The lowest BCUT2D eigenvalue weighted by Gasteiger charge is -2.04. The first kappa shape index (κ1) is 10.7. The van der Waals surface area contributed by atoms with Crippen molar-refractivity contribution < 1.29 is 0 Å². The van der Waals surface area contributed by atoms with Crippen molar-refractivity contribution in [2.24, 2.45) is 0 Å². The van der Waals surface area contributed by atoms with Gasteiger partial charge in [-0.15, -0.1) is 0 Å². The quantitative estimate of drug-likeness (QED) is 0.837. The average molecular weight is 214 g/mol. The number of aryl methyl sites for hydroxylation is 1. The zero-order chi connectivity index (χ0) is 11.2. The molecule has 2 aromatic heterocycles. The second kappa shape index (κ2) is 5.32. The topological polar surface area (TPSA) is 50.7 Å². The Hall–Kier alpha value is -1.81. The molecule has 0 aliphatic heterocycles. The molecule has 0 saturated carbocycles. The van der Waals surface area contributed by atoms with Crippen LogP contribution in [0.4, 0.5) is 0 Å². The molecule has 1 N–H and O–H groups in total. The zero-order valence-electron chi connectivity index (χ0n) is 9.22. The van der Waals surface area contributed by atoms with Crippen molar-refractivity contribution in [3.8, 4) is 0 Å². The Bertz CT molecular complexity index is 442. The maximum atomic E-state index is 4.32. The van der Waals surface area contributed by atoms with Crippen LogP contribution in [-0.2, 0) is 13.1 Å². The average Bonchev–Trinajstić information content (AvgIpc) is 2.30. The minimum absolute atomic E-state index is 0.756. The van der Waals surface area contributed by atoms with Crippen LogP contribution < -0.4 is 5.32 Å². The number of hydrogen-bond donors (Lipinski definition) is 1. The molecule has 2 rings (SSSR count). The molecule has 0 fully saturated rings. The Morgan fingerprint density at radius 3 is 2.62 bits per heavy atom. The summed E-state index contributed by atoms with van der Waals surface area (Å²) in [5.74, 6) is 0.809. The largest absolute Gasteiger partial charge is 0.307 e. The summed E-state index contributed by atoms with van der Waals surface area (Å²) >= 11 is 0. The normalized spacial score (nSPS) is 10.3. The predicted molar refractivity (Wildman–Crippen MR) is 61.5 cm³/mol. The van der Waals surface area contributed by atoms with E-state index in [4.69, 9.17) is 0 Å². The van der Waals surface area contributed by atoms with Gasteiger partial charge in [0.25, 0.3) is 0 Å². The minimum Gasteiger partial charge on any atom is -0.307 e. The number of nitrogens with zero attached hydrogens (tertiary/aromatic N) is 3. The van der Waals surface area contributed by atoms with Crippen molar-refractivity contribution in [3.63, 3.8) is 0 Å². The summed E-state index contributed by atoms with van der Waals surface area (Å²) < 4.78 is 0. The monoisotopic (exact) mass is 214 g/mol. The van der Waals surface area contributed by atoms with Gasteiger partial charge in [-0.1, -0.05) is 0 Å². The fraction of sp³-hybridized carbons (Fsp3) is 0.250. The summed E-state index contributed by atoms with van der Waals surface area (Å²) in [5.41, 5.74) is 2.24. The first-order chi connectivity index (χ1) is 7.84. The molecule has 2 heterocycles. The van der Waals surface area contributed by atoms with Gasteiger partial charge in [-0.05, 0) is 30.7 Å². The molecule has 0 unspecified atom stereocenters. The van der Waals surface area contributed by atoms with E-state index in [1.54, 1.807) is 18.6 Å². The molecule has 0 spiro atoms. The first-order valence-electron chi connectivity index (χ1n) is 5.23. The molecule has 0 saturated heterocycles. The van der Waals surface area contributed by atoms with Crippen LogP contribution >= 0.6 is 0 Å². The Balaban J connectivity index is 1.85. The van der Waals surface area contributed by atoms with Gasteiger partial charge in [0.15, 0.2) is 0 Å². The van der Waals surface area contributed by atoms with E-state index in [-0.39, 0.29) is 0 Å². The summed E-state index contributed by atoms with van der Waals surface area (Å²) in [7, 11) is 0. The highest BCUT2D eigenvalue weighted by Crippen LogP contribution is 1.97. The maximum Gasteiger partial charge on any atom is 0.125 e. The number of hydrogen-bond acceptors (Lipinski definition) is 4. The van der Waals surface area contributed by atoms with E-state index in [0.29, 0.717) is 0 Å². The third kappa shape index (κ3) is 3.10. The van der Waals surface area contributed by atoms with Gasteiger partial charge in [0.1, 0.15) is 5.82 Å². The van der Waals surface area contributed by atoms with Crippen molar-refractivity contribution >= 4 is 0 Å². The van der Waals surface area contributed by atoms with Crippen LogP contribution in [0.1, 0.15) is 17.1 Å². The predicted octanol–water partition coefficient (Wildman–Crippen LogP) is 1.47. The third-order valence-electron chi connectivity index (χ3n) is 2.22. The summed E-state index contributed by atoms with van der Waals surface area (Å²) in [6.07, 6.45) is 5.38. The van der Waals surface area contributed by atoms with Crippen molar-refractivity contribution in [3.05, 3.63) is 53.9 Å². The van der Waals surface area contributed by atoms with Crippen LogP contribution in [0.15, 0.2) is 36.8 Å². The van der Waals surface area contributed by atoms with E-state index in [0.717, 1.165) is 24.6 Å². The van der Waals surface area contributed by atoms with Crippen LogP contribution in [0.3, 0.4) is 0 Å². The number of aromatic nitrogens is 3. The molecule has 4 nitrogen and oxygen atoms in total. The second-order valence-corrected chi connectivity index (χ2v) is 3.55. The molecular weight excluding hydrogens is 200 g/mol. The molecule has 0 atom stereocenters. The van der Waals surface area contributed by atoms with Crippen molar-refractivity contribution in [1.82, 2.24) is 20.3 Å². The third-order valence-corrected chi connectivity index (χ3v) is 2.22. The van der Waals surface area contributed by atoms with Crippen LogP contribution in [0, 0.1) is 6.92 Å². The van der Waals surface area contributed by atoms with Crippen molar-refractivity contribution in [2.75, 3.05) is 0 Å². The van der Waals surface area contributed by atoms with Gasteiger partial charge in [0.2, 0.25) is 0 Å². The zero-order valence-corrected chi connectivity index (χ0v) is 9.22. The lowest BCUT2D eigenvalue weighted by Crippen LogP contribution is -2.14. The molecule has 4 heteroatoms. The lowest BCUT2D eigenvalue weighted by molar-refractivity contribution is 0.674. The first-order valence-corrected chi connectivity index (χ1v) is 5.23. The SMILES string of the molecule is Cc1nccc(CNCc2ccncc2)n1. The van der Waals surface area contributed by atoms with Gasteiger partial charge in [0.05, 0.1) is 5.69 Å². The molecular formula is C12H14N4. The number of rotatable bonds is 4. The second-order valence-electron chi connectivity index (χ2n) is 3.55. The molecule has 0 aliphatic rings. The Labute approximate surface area is 94.8 Å². The van der Waals surface area contributed by atoms with E-state index in [1.165, 1.54) is 5.56 Å². The van der Waals surface area contributed by atoms with Crippen LogP contribution in [0.25, 0.3) is 0 Å². The summed E-state index contributed by atoms with van der Waals surface area (Å²) in [5, 5.41) is 3.33. The minimum atomic E-state index is 0.756. The smallest absolute Gasteiger partial charge is 0.125 e. The highest BCUT2D eigenvalue weighted by molar-refractivity contribution is 5.09. The van der Waals surface area contributed by atoms with Crippen LogP contribution in [-0.4, -0.2) is 15.0 Å². The molecule has 2 aromatic rings. The number of nitrogens with one attached hydrogen (secondary N) is 1. The molecule has 0 radical (unpaired) electrons. The van der Waals surface area contributed by atoms with Gasteiger partial charge in [0, 0.05) is 31.7 Å². The fourth-order valence-corrected chi connectivity index (χ4v) is 1.44. The van der Waals surface area contributed by atoms with Gasteiger partial charge >= 0.3 is 0 Å². The van der Waals surface area contributed by atoms with Gasteiger partial charge in [-0.25, -0.2) is 9.97 Å². The van der Waals surface area contributed by atoms with Gasteiger partial charge < -0.3 is 5.32 Å². The lowest BCUT2D eigenvalue weighted by atomic mass is 10.2. The summed E-state index contributed by atoms with van der Waals surface area (Å²) in [6.45, 7) is 3.48. The van der Waals surface area contributed by atoms with Gasteiger partial charge in [-0.2, -0.15) is 0 Å². The highest BCUT2D eigenvalue weighted by Gasteiger charge is 1.95. The Morgan fingerprint density at radius 2 is 1.88 bits per heavy atom. The molecule has 16 heavy (non-hydrogen) atoms. The summed E-state index contributed by atoms with van der Waals surface area (Å²) in [4.78, 5) is 12.4. The van der Waals surface area contributed by atoms with Crippen molar-refractivity contribution in [1.29, 1.82) is 0 Å². The van der Waals surface area contributed by atoms with E-state index in [9.17, 15) is 0 Å². The molecule has 0 aromatic carbocycles. The Morgan fingerprint density at radius 1 is 1.06 bits per heavy atom. The highest BCUT2D eigenvalue weighted by atomic mass is 14.9. The van der Waals surface area contributed by atoms with Crippen LogP contribution in [0.2, 0.25) is 0 Å². The van der Waals surface area contributed by atoms with Crippen LogP contribution in [0.5, 0.6) is 0 Å². The molecule has 0 amide bonds. The fourth-order valence-electron chi connectivity index (χ4n) is 1.44. The molecule has 0 bridgehead atoms. The van der Waals surface area contributed by atoms with E-state index in [2.05, 4.69) is 20.3 Å². The Kier molecular flexibility index (Phi) is 3.56. The van der Waals surface area contributed by atoms with E-state index in [1.807, 2.05) is 25.1 Å².